The Bertz CT molecular complexity index is 909. The summed E-state index contributed by atoms with van der Waals surface area (Å²) < 4.78 is 25.3. The lowest BCUT2D eigenvalue weighted by Crippen LogP contribution is -2.26. The molecular weight excluding hydrogens is 334 g/mol. The van der Waals surface area contributed by atoms with Gasteiger partial charge in [0.05, 0.1) is 11.1 Å². The van der Waals surface area contributed by atoms with E-state index < -0.39 is 10.0 Å². The molecule has 23 heavy (non-hydrogen) atoms. The zero-order valence-electron chi connectivity index (χ0n) is 12.4. The average molecular weight is 349 g/mol. The Morgan fingerprint density at radius 1 is 1.22 bits per heavy atom. The summed E-state index contributed by atoms with van der Waals surface area (Å²) in [5.41, 5.74) is 0.675. The van der Waals surface area contributed by atoms with Gasteiger partial charge in [-0.2, -0.15) is 0 Å². The third-order valence-corrected chi connectivity index (χ3v) is 5.36. The van der Waals surface area contributed by atoms with E-state index in [4.69, 9.17) is 0 Å². The number of nitrogens with one attached hydrogen (secondary N) is 2. The maximum atomic E-state index is 11.5. The predicted molar refractivity (Wildman–Crippen MR) is 92.0 cm³/mol. The first-order chi connectivity index (χ1) is 11.1. The summed E-state index contributed by atoms with van der Waals surface area (Å²) in [6, 6.07) is 7.45. The van der Waals surface area contributed by atoms with Crippen molar-refractivity contribution in [1.82, 2.24) is 19.7 Å². The minimum absolute atomic E-state index is 0.0297. The molecule has 3 aromatic rings. The van der Waals surface area contributed by atoms with Crippen molar-refractivity contribution in [3.63, 3.8) is 0 Å². The van der Waals surface area contributed by atoms with Crippen LogP contribution in [0.2, 0.25) is 0 Å². The molecule has 0 atom stereocenters. The molecule has 0 aliphatic heterocycles. The van der Waals surface area contributed by atoms with Crippen molar-refractivity contribution in [2.24, 2.45) is 0 Å². The summed E-state index contributed by atoms with van der Waals surface area (Å²) in [4.78, 5) is 14.1. The van der Waals surface area contributed by atoms with E-state index in [0.29, 0.717) is 17.3 Å². The van der Waals surface area contributed by atoms with Crippen LogP contribution >= 0.6 is 11.3 Å². The molecule has 9 heteroatoms. The second kappa shape index (κ2) is 6.57. The van der Waals surface area contributed by atoms with Crippen LogP contribution in [0.5, 0.6) is 0 Å². The highest BCUT2D eigenvalue weighted by Crippen LogP contribution is 2.27. The minimum Gasteiger partial charge on any atom is -0.368 e. The fourth-order valence-electron chi connectivity index (χ4n) is 2.01. The third-order valence-electron chi connectivity index (χ3n) is 3.19. The number of sulfonamides is 1. The fourth-order valence-corrected chi connectivity index (χ4v) is 3.34. The van der Waals surface area contributed by atoms with Crippen molar-refractivity contribution in [3.8, 4) is 11.5 Å². The largest absolute Gasteiger partial charge is 0.368 e. The number of rotatable bonds is 6. The second-order valence-electron chi connectivity index (χ2n) is 4.70. The van der Waals surface area contributed by atoms with Gasteiger partial charge in [0.25, 0.3) is 0 Å². The normalized spacial score (nSPS) is 11.7. The summed E-state index contributed by atoms with van der Waals surface area (Å²) in [6.45, 7) is 0.257. The van der Waals surface area contributed by atoms with Crippen molar-refractivity contribution in [3.05, 3.63) is 35.8 Å². The van der Waals surface area contributed by atoms with Gasteiger partial charge in [0.2, 0.25) is 10.0 Å². The molecule has 0 saturated heterocycles. The number of nitrogens with zero attached hydrogens (tertiary/aromatic N) is 3. The Hall–Kier alpha value is -2.10. The van der Waals surface area contributed by atoms with Crippen LogP contribution in [0, 0.1) is 0 Å². The molecule has 2 N–H and O–H groups in total. The molecule has 0 unspecified atom stereocenters. The molecule has 0 spiro atoms. The van der Waals surface area contributed by atoms with Gasteiger partial charge < -0.3 is 5.32 Å². The zero-order chi connectivity index (χ0) is 16.3. The average Bonchev–Trinajstić information content (AvgIpc) is 3.04. The first-order valence-electron chi connectivity index (χ1n) is 6.91. The summed E-state index contributed by atoms with van der Waals surface area (Å²) in [5.74, 6) is 1.10. The Labute approximate surface area is 137 Å². The van der Waals surface area contributed by atoms with Crippen LogP contribution in [-0.4, -0.2) is 42.7 Å². The molecule has 0 aromatic carbocycles. The van der Waals surface area contributed by atoms with E-state index in [0.717, 1.165) is 10.2 Å². The zero-order valence-corrected chi connectivity index (χ0v) is 14.0. The molecule has 120 valence electrons. The van der Waals surface area contributed by atoms with Gasteiger partial charge in [-0.05, 0) is 30.6 Å². The van der Waals surface area contributed by atoms with Crippen molar-refractivity contribution in [2.75, 3.05) is 24.7 Å². The standard InChI is InChI=1S/C14H15N5O2S2/c1-15-23(20,21)9-7-17-12-10-5-8-22-14(10)19-13(18-12)11-4-2-3-6-16-11/h2-6,8,15H,7,9H2,1H3,(H,17,18,19). The fraction of sp³-hybridized carbons (Fsp3) is 0.214. The number of fused-ring (bicyclic) bond motifs is 1. The van der Waals surface area contributed by atoms with Crippen LogP contribution in [-0.2, 0) is 10.0 Å². The van der Waals surface area contributed by atoms with Crippen molar-refractivity contribution in [2.45, 2.75) is 0 Å². The van der Waals surface area contributed by atoms with Crippen molar-refractivity contribution in [1.29, 1.82) is 0 Å². The van der Waals surface area contributed by atoms with Crippen molar-refractivity contribution < 1.29 is 8.42 Å². The lowest BCUT2D eigenvalue weighted by molar-refractivity contribution is 0.588. The smallest absolute Gasteiger partial charge is 0.213 e. The highest BCUT2D eigenvalue weighted by Gasteiger charge is 2.12. The molecule has 7 nitrogen and oxygen atoms in total. The van der Waals surface area contributed by atoms with E-state index in [-0.39, 0.29) is 12.3 Å². The molecule has 0 amide bonds. The Morgan fingerprint density at radius 3 is 2.83 bits per heavy atom. The van der Waals surface area contributed by atoms with Crippen LogP contribution in [0.15, 0.2) is 35.8 Å². The molecule has 0 saturated carbocycles. The molecule has 3 heterocycles. The number of thiophene rings is 1. The van der Waals surface area contributed by atoms with Crippen LogP contribution in [0.25, 0.3) is 21.7 Å². The first kappa shape index (κ1) is 15.8. The van der Waals surface area contributed by atoms with Gasteiger partial charge in [-0.25, -0.2) is 23.1 Å². The van der Waals surface area contributed by atoms with Gasteiger partial charge in [0.1, 0.15) is 16.3 Å². The molecule has 0 radical (unpaired) electrons. The molecule has 0 fully saturated rings. The summed E-state index contributed by atoms with van der Waals surface area (Å²) in [7, 11) is -1.86. The van der Waals surface area contributed by atoms with Crippen molar-refractivity contribution >= 4 is 37.4 Å². The number of hydrogen-bond acceptors (Lipinski definition) is 7. The van der Waals surface area contributed by atoms with Crippen LogP contribution in [0.1, 0.15) is 0 Å². The van der Waals surface area contributed by atoms with Crippen LogP contribution in [0.3, 0.4) is 0 Å². The predicted octanol–water partition coefficient (Wildman–Crippen LogP) is 1.71. The second-order valence-corrected chi connectivity index (χ2v) is 7.64. The van der Waals surface area contributed by atoms with E-state index in [1.807, 2.05) is 29.6 Å². The van der Waals surface area contributed by atoms with Gasteiger partial charge in [0, 0.05) is 12.7 Å². The molecule has 3 rings (SSSR count). The third kappa shape index (κ3) is 3.63. The topological polar surface area (TPSA) is 96.9 Å². The van der Waals surface area contributed by atoms with E-state index in [1.165, 1.54) is 18.4 Å². The van der Waals surface area contributed by atoms with Gasteiger partial charge >= 0.3 is 0 Å². The van der Waals surface area contributed by atoms with E-state index >= 15 is 0 Å². The van der Waals surface area contributed by atoms with Gasteiger partial charge in [0.15, 0.2) is 5.82 Å². The molecule has 0 aliphatic rings. The maximum Gasteiger partial charge on any atom is 0.213 e. The number of aromatic nitrogens is 3. The Kier molecular flexibility index (Phi) is 4.51. The lowest BCUT2D eigenvalue weighted by Gasteiger charge is -2.09. The maximum absolute atomic E-state index is 11.5. The van der Waals surface area contributed by atoms with Gasteiger partial charge in [-0.15, -0.1) is 11.3 Å². The van der Waals surface area contributed by atoms with Gasteiger partial charge in [-0.3, -0.25) is 4.98 Å². The molecule has 0 bridgehead atoms. The molecule has 3 aromatic heterocycles. The monoisotopic (exact) mass is 349 g/mol. The van der Waals surface area contributed by atoms with Crippen LogP contribution < -0.4 is 10.0 Å². The van der Waals surface area contributed by atoms with E-state index in [1.54, 1.807) is 6.20 Å². The SMILES string of the molecule is CNS(=O)(=O)CCNc1nc(-c2ccccn2)nc2sccc12. The first-order valence-corrected chi connectivity index (χ1v) is 9.44. The Morgan fingerprint density at radius 2 is 2.09 bits per heavy atom. The summed E-state index contributed by atoms with van der Waals surface area (Å²) >= 11 is 1.50. The summed E-state index contributed by atoms with van der Waals surface area (Å²) in [5, 5.41) is 5.88. The Balaban J connectivity index is 1.91. The quantitative estimate of drug-likeness (QED) is 0.703. The molecule has 0 aliphatic carbocycles. The lowest BCUT2D eigenvalue weighted by atomic mass is 10.3. The summed E-state index contributed by atoms with van der Waals surface area (Å²) in [6.07, 6.45) is 1.68. The van der Waals surface area contributed by atoms with E-state index in [2.05, 4.69) is 25.0 Å². The minimum atomic E-state index is -3.26. The number of hydrogen-bond donors (Lipinski definition) is 2. The van der Waals surface area contributed by atoms with Gasteiger partial charge in [-0.1, -0.05) is 6.07 Å². The molecular formula is C14H15N5O2S2. The number of anilines is 1. The number of pyridine rings is 1. The highest BCUT2D eigenvalue weighted by atomic mass is 32.2. The highest BCUT2D eigenvalue weighted by molar-refractivity contribution is 7.89. The van der Waals surface area contributed by atoms with Crippen LogP contribution in [0.4, 0.5) is 5.82 Å². The van der Waals surface area contributed by atoms with E-state index in [9.17, 15) is 8.42 Å².